The predicted molar refractivity (Wildman–Crippen MR) is 79.1 cm³/mol. The van der Waals surface area contributed by atoms with E-state index in [2.05, 4.69) is 5.40 Å². The van der Waals surface area contributed by atoms with E-state index < -0.39 is 0 Å². The minimum absolute atomic E-state index is 0.172. The van der Waals surface area contributed by atoms with Crippen LogP contribution in [0.5, 0.6) is 0 Å². The van der Waals surface area contributed by atoms with Crippen molar-refractivity contribution in [3.63, 3.8) is 0 Å². The summed E-state index contributed by atoms with van der Waals surface area (Å²) in [4.78, 5) is 11.9. The van der Waals surface area contributed by atoms with Crippen LogP contribution in [0.15, 0.2) is 60.7 Å². The van der Waals surface area contributed by atoms with Gasteiger partial charge in [-0.1, -0.05) is 48.5 Å². The molecule has 0 aliphatic heterocycles. The second-order valence-corrected chi connectivity index (χ2v) is 5.06. The maximum atomic E-state index is 11.9. The smallest absolute Gasteiger partial charge is 0.338 e. The van der Waals surface area contributed by atoms with Crippen molar-refractivity contribution in [2.75, 3.05) is 6.61 Å². The second-order valence-electron chi connectivity index (χ2n) is 4.07. The van der Waals surface area contributed by atoms with E-state index >= 15 is 0 Å². The van der Waals surface area contributed by atoms with Gasteiger partial charge in [0.15, 0.2) is 0 Å². The molecule has 4 heteroatoms. The van der Waals surface area contributed by atoms with E-state index in [0.717, 1.165) is 17.3 Å². The maximum Gasteiger partial charge on any atom is 0.338 e. The Morgan fingerprint density at radius 2 is 1.70 bits per heavy atom. The number of ether oxygens (including phenoxy) is 1. The molecule has 0 saturated carbocycles. The fourth-order valence-electron chi connectivity index (χ4n) is 1.74. The van der Waals surface area contributed by atoms with Crippen LogP contribution in [-0.4, -0.2) is 12.6 Å². The Hall–Kier alpha value is -2.25. The number of esters is 1. The molecule has 2 rings (SSSR count). The molecule has 0 N–H and O–H groups in total. The molecule has 0 aliphatic carbocycles. The summed E-state index contributed by atoms with van der Waals surface area (Å²) in [5, 5.41) is 10.7. The van der Waals surface area contributed by atoms with Crippen LogP contribution in [0.4, 0.5) is 0 Å². The SMILES string of the molecule is N#CSC(COC(=O)c1ccccc1)c1ccccc1. The lowest BCUT2D eigenvalue weighted by Crippen LogP contribution is -2.11. The van der Waals surface area contributed by atoms with Crippen molar-refractivity contribution in [1.82, 2.24) is 0 Å². The van der Waals surface area contributed by atoms with Gasteiger partial charge < -0.3 is 4.74 Å². The van der Waals surface area contributed by atoms with Crippen LogP contribution in [0.2, 0.25) is 0 Å². The molecule has 0 bridgehead atoms. The first-order chi connectivity index (χ1) is 9.81. The third kappa shape index (κ3) is 3.87. The molecule has 100 valence electrons. The molecule has 0 amide bonds. The Bertz CT molecular complexity index is 593. The van der Waals surface area contributed by atoms with Gasteiger partial charge in [0.2, 0.25) is 0 Å². The Labute approximate surface area is 122 Å². The fraction of sp³-hybridized carbons (Fsp3) is 0.125. The van der Waals surface area contributed by atoms with E-state index in [1.54, 1.807) is 24.3 Å². The average molecular weight is 283 g/mol. The van der Waals surface area contributed by atoms with Crippen LogP contribution < -0.4 is 0 Å². The van der Waals surface area contributed by atoms with Crippen molar-refractivity contribution in [3.05, 3.63) is 71.8 Å². The molecular weight excluding hydrogens is 270 g/mol. The number of nitriles is 1. The van der Waals surface area contributed by atoms with Gasteiger partial charge in [-0.3, -0.25) is 0 Å². The molecule has 2 aromatic rings. The van der Waals surface area contributed by atoms with Crippen molar-refractivity contribution in [2.24, 2.45) is 0 Å². The summed E-state index contributed by atoms with van der Waals surface area (Å²) in [6, 6.07) is 18.4. The van der Waals surface area contributed by atoms with Gasteiger partial charge in [-0.25, -0.2) is 4.79 Å². The summed E-state index contributed by atoms with van der Waals surface area (Å²) in [5.74, 6) is -0.370. The summed E-state index contributed by atoms with van der Waals surface area (Å²) in [5.41, 5.74) is 1.49. The van der Waals surface area contributed by atoms with Gasteiger partial charge in [0.05, 0.1) is 10.8 Å². The Morgan fingerprint density at radius 1 is 1.10 bits per heavy atom. The number of benzene rings is 2. The summed E-state index contributed by atoms with van der Waals surface area (Å²) in [7, 11) is 0. The summed E-state index contributed by atoms with van der Waals surface area (Å²) in [6.45, 7) is 0.177. The van der Waals surface area contributed by atoms with Crippen LogP contribution >= 0.6 is 11.8 Å². The zero-order valence-electron chi connectivity index (χ0n) is 10.7. The lowest BCUT2D eigenvalue weighted by Gasteiger charge is -2.13. The second kappa shape index (κ2) is 7.37. The Kier molecular flexibility index (Phi) is 5.22. The minimum atomic E-state index is -0.370. The molecule has 0 radical (unpaired) electrons. The van der Waals surface area contributed by atoms with Crippen molar-refractivity contribution in [2.45, 2.75) is 5.25 Å². The lowest BCUT2D eigenvalue weighted by atomic mass is 10.1. The van der Waals surface area contributed by atoms with E-state index in [1.807, 2.05) is 36.4 Å². The molecule has 1 atom stereocenters. The van der Waals surface area contributed by atoms with E-state index in [9.17, 15) is 4.79 Å². The normalized spacial score (nSPS) is 11.3. The van der Waals surface area contributed by atoms with Crippen LogP contribution in [0.1, 0.15) is 21.2 Å². The third-order valence-electron chi connectivity index (χ3n) is 2.74. The first-order valence-electron chi connectivity index (χ1n) is 6.13. The zero-order valence-corrected chi connectivity index (χ0v) is 11.5. The molecule has 3 nitrogen and oxygen atoms in total. The van der Waals surface area contributed by atoms with Crippen LogP contribution in [0.25, 0.3) is 0 Å². The quantitative estimate of drug-likeness (QED) is 0.618. The van der Waals surface area contributed by atoms with E-state index in [1.165, 1.54) is 0 Å². The van der Waals surface area contributed by atoms with Gasteiger partial charge in [-0.15, -0.1) is 0 Å². The van der Waals surface area contributed by atoms with E-state index in [0.29, 0.717) is 5.56 Å². The van der Waals surface area contributed by atoms with Gasteiger partial charge >= 0.3 is 5.97 Å². The summed E-state index contributed by atoms with van der Waals surface area (Å²) >= 11 is 1.10. The zero-order chi connectivity index (χ0) is 14.2. The molecule has 0 saturated heterocycles. The van der Waals surface area contributed by atoms with Crippen molar-refractivity contribution in [3.8, 4) is 5.40 Å². The van der Waals surface area contributed by atoms with Gasteiger partial charge in [0.1, 0.15) is 12.0 Å². The number of nitrogens with zero attached hydrogens (tertiary/aromatic N) is 1. The van der Waals surface area contributed by atoms with Gasteiger partial charge in [-0.05, 0) is 29.5 Å². The minimum Gasteiger partial charge on any atom is -0.461 e. The first kappa shape index (κ1) is 14.2. The number of carbonyl (C=O) groups is 1. The Morgan fingerprint density at radius 3 is 2.30 bits per heavy atom. The first-order valence-corrected chi connectivity index (χ1v) is 7.01. The number of hydrogen-bond acceptors (Lipinski definition) is 4. The Balaban J connectivity index is 2.00. The average Bonchev–Trinajstić information content (AvgIpc) is 2.53. The number of carbonyl (C=O) groups excluding carboxylic acids is 1. The molecular formula is C16H13NO2S. The number of hydrogen-bond donors (Lipinski definition) is 0. The third-order valence-corrected chi connectivity index (χ3v) is 3.54. The van der Waals surface area contributed by atoms with Crippen molar-refractivity contribution in [1.29, 1.82) is 5.26 Å². The molecule has 1 unspecified atom stereocenters. The topological polar surface area (TPSA) is 50.1 Å². The van der Waals surface area contributed by atoms with E-state index in [4.69, 9.17) is 10.00 Å². The van der Waals surface area contributed by atoms with Gasteiger partial charge in [-0.2, -0.15) is 5.26 Å². The van der Waals surface area contributed by atoms with Crippen molar-refractivity contribution < 1.29 is 9.53 Å². The highest BCUT2D eigenvalue weighted by Crippen LogP contribution is 2.28. The maximum absolute atomic E-state index is 11.9. The van der Waals surface area contributed by atoms with Crippen LogP contribution in [-0.2, 0) is 4.74 Å². The van der Waals surface area contributed by atoms with Gasteiger partial charge in [0.25, 0.3) is 0 Å². The molecule has 0 heterocycles. The van der Waals surface area contributed by atoms with E-state index in [-0.39, 0.29) is 17.8 Å². The molecule has 0 fully saturated rings. The monoisotopic (exact) mass is 283 g/mol. The van der Waals surface area contributed by atoms with Gasteiger partial charge in [0, 0.05) is 0 Å². The number of thioether (sulfide) groups is 1. The molecule has 0 aromatic heterocycles. The molecule has 2 aromatic carbocycles. The van der Waals surface area contributed by atoms with Crippen LogP contribution in [0, 0.1) is 10.7 Å². The highest BCUT2D eigenvalue weighted by Gasteiger charge is 2.15. The highest BCUT2D eigenvalue weighted by atomic mass is 32.2. The predicted octanol–water partition coefficient (Wildman–Crippen LogP) is 3.80. The fourth-order valence-corrected chi connectivity index (χ4v) is 2.30. The number of rotatable bonds is 5. The standard InChI is InChI=1S/C16H13NO2S/c17-12-20-15(13-7-3-1-4-8-13)11-19-16(18)14-9-5-2-6-10-14/h1-10,15H,11H2. The number of thiocyanates is 1. The summed E-state index contributed by atoms with van der Waals surface area (Å²) in [6.07, 6.45) is 0. The highest BCUT2D eigenvalue weighted by molar-refractivity contribution is 8.03. The molecule has 0 aliphatic rings. The largest absolute Gasteiger partial charge is 0.461 e. The van der Waals surface area contributed by atoms with Crippen molar-refractivity contribution >= 4 is 17.7 Å². The molecule has 20 heavy (non-hydrogen) atoms. The lowest BCUT2D eigenvalue weighted by molar-refractivity contribution is 0.0506. The molecule has 0 spiro atoms. The van der Waals surface area contributed by atoms with Crippen LogP contribution in [0.3, 0.4) is 0 Å². The summed E-state index contributed by atoms with van der Waals surface area (Å²) < 4.78 is 5.29.